The van der Waals surface area contributed by atoms with Gasteiger partial charge in [-0.3, -0.25) is 0 Å². The first kappa shape index (κ1) is 29.2. The van der Waals surface area contributed by atoms with Gasteiger partial charge in [-0.15, -0.1) is 0 Å². The van der Waals surface area contributed by atoms with Crippen molar-refractivity contribution in [1.82, 2.24) is 0 Å². The summed E-state index contributed by atoms with van der Waals surface area (Å²) in [6.07, 6.45) is 14.2. The topological polar surface area (TPSA) is 18.5 Å². The number of hydrogen-bond acceptors (Lipinski definition) is 2. The Morgan fingerprint density at radius 1 is 0.650 bits per heavy atom. The molecule has 0 bridgehead atoms. The Kier molecular flexibility index (Phi) is 9.90. The van der Waals surface area contributed by atoms with Gasteiger partial charge in [-0.1, -0.05) is 101 Å². The minimum absolute atomic E-state index is 0.0558. The predicted molar refractivity (Wildman–Crippen MR) is 174 cm³/mol. The van der Waals surface area contributed by atoms with Crippen LogP contribution in [0.3, 0.4) is 0 Å². The van der Waals surface area contributed by atoms with Crippen molar-refractivity contribution in [1.29, 1.82) is 0 Å². The summed E-state index contributed by atoms with van der Waals surface area (Å²) in [5.41, 5.74) is 7.82. The third kappa shape index (κ3) is 6.60. The molecule has 2 fully saturated rings. The zero-order valence-corrected chi connectivity index (χ0v) is 26.3. The fourth-order valence-electron chi connectivity index (χ4n) is 6.99. The van der Waals surface area contributed by atoms with Crippen molar-refractivity contribution in [3.63, 3.8) is 0 Å². The Morgan fingerprint density at radius 3 is 1.77 bits per heavy atom. The lowest BCUT2D eigenvalue weighted by Gasteiger charge is -2.40. The van der Waals surface area contributed by atoms with Crippen LogP contribution in [0.15, 0.2) is 60.7 Å². The zero-order chi connectivity index (χ0) is 28.1. The second-order valence-corrected chi connectivity index (χ2v) is 15.2. The molecule has 0 N–H and O–H groups in total. The first-order valence-electron chi connectivity index (χ1n) is 15.9. The largest absolute Gasteiger partial charge is 0.490 e. The molecule has 2 nitrogen and oxygen atoms in total. The molecule has 0 atom stereocenters. The van der Waals surface area contributed by atoms with Gasteiger partial charge in [-0.2, -0.15) is 0 Å². The summed E-state index contributed by atoms with van der Waals surface area (Å²) in [4.78, 5) is 0. The summed E-state index contributed by atoms with van der Waals surface area (Å²) in [7, 11) is -0.254. The van der Waals surface area contributed by atoms with E-state index in [2.05, 4.69) is 95.3 Å². The molecule has 0 saturated heterocycles. The number of rotatable bonds is 9. The first-order valence-corrected chi connectivity index (χ1v) is 17.4. The van der Waals surface area contributed by atoms with Crippen LogP contribution in [-0.4, -0.2) is 23.5 Å². The van der Waals surface area contributed by atoms with E-state index < -0.39 is 0 Å². The second kappa shape index (κ2) is 13.6. The van der Waals surface area contributed by atoms with E-state index in [9.17, 15) is 0 Å². The molecule has 5 rings (SSSR count). The maximum absolute atomic E-state index is 6.84. The Bertz CT molecular complexity index is 1220. The summed E-state index contributed by atoms with van der Waals surface area (Å²) >= 11 is 0. The predicted octanol–water partition coefficient (Wildman–Crippen LogP) is 10.7. The molecule has 2 aliphatic carbocycles. The van der Waals surface area contributed by atoms with Crippen LogP contribution in [0.2, 0.25) is 0 Å². The highest BCUT2D eigenvalue weighted by molar-refractivity contribution is 7.67. The van der Waals surface area contributed by atoms with Crippen LogP contribution in [0.5, 0.6) is 11.5 Å². The van der Waals surface area contributed by atoms with Crippen molar-refractivity contribution in [2.24, 2.45) is 0 Å². The van der Waals surface area contributed by atoms with Gasteiger partial charge in [0.05, 0.1) is 17.8 Å². The van der Waals surface area contributed by atoms with Crippen LogP contribution in [0.1, 0.15) is 97.5 Å². The number of hydrogen-bond donors (Lipinski definition) is 0. The Morgan fingerprint density at radius 2 is 1.20 bits per heavy atom. The molecule has 0 spiro atoms. The average Bonchev–Trinajstić information content (AvgIpc) is 2.95. The molecule has 0 amide bonds. The van der Waals surface area contributed by atoms with E-state index in [1.807, 2.05) is 0 Å². The second-order valence-electron chi connectivity index (χ2n) is 12.5. The van der Waals surface area contributed by atoms with E-state index in [0.717, 1.165) is 33.9 Å². The smallest absolute Gasteiger partial charge is 0.139 e. The lowest BCUT2D eigenvalue weighted by Crippen LogP contribution is -2.27. The third-order valence-electron chi connectivity index (χ3n) is 8.61. The maximum atomic E-state index is 6.84. The lowest BCUT2D eigenvalue weighted by molar-refractivity contribution is 0.231. The van der Waals surface area contributed by atoms with Crippen molar-refractivity contribution >= 4 is 13.2 Å². The molecule has 214 valence electrons. The van der Waals surface area contributed by atoms with E-state index in [4.69, 9.17) is 9.47 Å². The normalized spacial score (nSPS) is 17.1. The summed E-state index contributed by atoms with van der Waals surface area (Å²) in [6.45, 7) is 10.8. The van der Waals surface area contributed by atoms with Crippen molar-refractivity contribution in [3.8, 4) is 33.8 Å². The fourth-order valence-corrected chi connectivity index (χ4v) is 10.9. The number of aryl methyl sites for hydroxylation is 1. The summed E-state index contributed by atoms with van der Waals surface area (Å²) in [6, 6.07) is 22.4. The van der Waals surface area contributed by atoms with Gasteiger partial charge in [0.2, 0.25) is 0 Å². The number of benzene rings is 3. The van der Waals surface area contributed by atoms with Gasteiger partial charge in [0.15, 0.2) is 0 Å². The van der Waals surface area contributed by atoms with E-state index in [1.165, 1.54) is 80.9 Å². The van der Waals surface area contributed by atoms with Gasteiger partial charge in [0.25, 0.3) is 0 Å². The first-order chi connectivity index (χ1) is 19.4. The van der Waals surface area contributed by atoms with Crippen LogP contribution >= 0.6 is 7.92 Å². The van der Waals surface area contributed by atoms with Crippen LogP contribution in [0, 0.1) is 6.92 Å². The summed E-state index contributed by atoms with van der Waals surface area (Å²) in [5.74, 6) is 1.89. The maximum Gasteiger partial charge on any atom is 0.139 e. The summed E-state index contributed by atoms with van der Waals surface area (Å²) < 4.78 is 13.3. The molecular weight excluding hydrogens is 507 g/mol. The average molecular weight is 557 g/mol. The van der Waals surface area contributed by atoms with Crippen LogP contribution < -0.4 is 14.8 Å². The molecule has 40 heavy (non-hydrogen) atoms. The standard InChI is InChI=1S/C37H49O2P/c1-26(2)38-33-25-28(5)35(37(39-27(3)4)36(33)29-17-9-6-10-18-29)32-23-15-16-24-34(32)40(30-19-11-7-12-20-30)31-21-13-8-14-22-31/h6,9-10,15-18,23-27,30-31H,7-8,11-14,19-22H2,1-5H3. The van der Waals surface area contributed by atoms with E-state index in [0.29, 0.717) is 0 Å². The quantitative estimate of drug-likeness (QED) is 0.244. The van der Waals surface area contributed by atoms with Crippen molar-refractivity contribution in [3.05, 3.63) is 66.2 Å². The van der Waals surface area contributed by atoms with Crippen molar-refractivity contribution < 1.29 is 9.47 Å². The Labute approximate surface area is 244 Å². The highest BCUT2D eigenvalue weighted by Crippen LogP contribution is 2.57. The molecule has 0 heterocycles. The SMILES string of the molecule is Cc1cc(OC(C)C)c(-c2ccccc2)c(OC(C)C)c1-c1ccccc1P(C1CCCCC1)C1CCCCC1. The van der Waals surface area contributed by atoms with Gasteiger partial charge >= 0.3 is 0 Å². The molecule has 2 saturated carbocycles. The zero-order valence-electron chi connectivity index (χ0n) is 25.4. The van der Waals surface area contributed by atoms with Crippen LogP contribution in [0.25, 0.3) is 22.3 Å². The molecule has 3 aromatic carbocycles. The molecule has 3 aromatic rings. The van der Waals surface area contributed by atoms with E-state index in [1.54, 1.807) is 5.30 Å². The minimum Gasteiger partial charge on any atom is -0.490 e. The van der Waals surface area contributed by atoms with Gasteiger partial charge in [-0.05, 0) is 99.7 Å². The van der Waals surface area contributed by atoms with Crippen LogP contribution in [0.4, 0.5) is 0 Å². The molecule has 2 aliphatic rings. The Hall–Kier alpha value is -2.31. The fraction of sp³-hybridized carbons (Fsp3) is 0.514. The molecular formula is C37H49O2P. The highest BCUT2D eigenvalue weighted by Gasteiger charge is 2.35. The molecule has 0 aliphatic heterocycles. The van der Waals surface area contributed by atoms with Gasteiger partial charge in [0, 0.05) is 5.56 Å². The van der Waals surface area contributed by atoms with Crippen molar-refractivity contribution in [2.45, 2.75) is 122 Å². The summed E-state index contributed by atoms with van der Waals surface area (Å²) in [5, 5.41) is 1.62. The Balaban J connectivity index is 1.75. The van der Waals surface area contributed by atoms with Gasteiger partial charge in [0.1, 0.15) is 11.5 Å². The van der Waals surface area contributed by atoms with Gasteiger partial charge < -0.3 is 9.47 Å². The molecule has 0 radical (unpaired) electrons. The minimum atomic E-state index is -0.254. The molecule has 3 heteroatoms. The molecule has 0 aromatic heterocycles. The van der Waals surface area contributed by atoms with E-state index in [-0.39, 0.29) is 20.1 Å². The monoisotopic (exact) mass is 556 g/mol. The molecule has 0 unspecified atom stereocenters. The highest BCUT2D eigenvalue weighted by atomic mass is 31.1. The van der Waals surface area contributed by atoms with E-state index >= 15 is 0 Å². The van der Waals surface area contributed by atoms with Crippen molar-refractivity contribution in [2.75, 3.05) is 0 Å². The van der Waals surface area contributed by atoms with Gasteiger partial charge in [-0.25, -0.2) is 0 Å². The van der Waals surface area contributed by atoms with Crippen LogP contribution in [-0.2, 0) is 0 Å². The third-order valence-corrected chi connectivity index (χ3v) is 12.2. The number of ether oxygens (including phenoxy) is 2. The lowest BCUT2D eigenvalue weighted by atomic mass is 9.92.